The van der Waals surface area contributed by atoms with E-state index >= 15 is 0 Å². The summed E-state index contributed by atoms with van der Waals surface area (Å²) in [5, 5.41) is 11.9. The van der Waals surface area contributed by atoms with E-state index in [1.807, 2.05) is 54.6 Å². The van der Waals surface area contributed by atoms with Gasteiger partial charge in [0.05, 0.1) is 12.6 Å². The first-order valence-corrected chi connectivity index (χ1v) is 6.95. The number of amides is 1. The molecule has 110 valence electrons. The molecule has 0 fully saturated rings. The summed E-state index contributed by atoms with van der Waals surface area (Å²) >= 11 is 0. The molecule has 21 heavy (non-hydrogen) atoms. The maximum absolute atomic E-state index is 12.0. The molecule has 2 rings (SSSR count). The highest BCUT2D eigenvalue weighted by Gasteiger charge is 2.13. The summed E-state index contributed by atoms with van der Waals surface area (Å²) in [7, 11) is 0. The van der Waals surface area contributed by atoms with Crippen molar-refractivity contribution in [2.24, 2.45) is 5.73 Å². The minimum atomic E-state index is -0.562. The highest BCUT2D eigenvalue weighted by Crippen LogP contribution is 2.06. The Morgan fingerprint density at radius 3 is 2.43 bits per heavy atom. The summed E-state index contributed by atoms with van der Waals surface area (Å²) in [6, 6.07) is 16.6. The van der Waals surface area contributed by atoms with Crippen LogP contribution in [0.2, 0.25) is 0 Å². The van der Waals surface area contributed by atoms with Gasteiger partial charge in [0.15, 0.2) is 0 Å². The molecule has 4 N–H and O–H groups in total. The van der Waals surface area contributed by atoms with E-state index in [2.05, 4.69) is 5.32 Å². The minimum absolute atomic E-state index is 0.00466. The second-order valence-corrected chi connectivity index (χ2v) is 4.99. The average molecular weight is 284 g/mol. The van der Waals surface area contributed by atoms with Crippen molar-refractivity contribution in [3.63, 3.8) is 0 Å². The highest BCUT2D eigenvalue weighted by atomic mass is 16.3. The number of carbonyl (C=O) groups excluding carboxylic acids is 1. The van der Waals surface area contributed by atoms with Crippen LogP contribution in [-0.2, 0) is 24.4 Å². The summed E-state index contributed by atoms with van der Waals surface area (Å²) in [4.78, 5) is 12.0. The summed E-state index contributed by atoms with van der Waals surface area (Å²) < 4.78 is 0. The van der Waals surface area contributed by atoms with Crippen LogP contribution >= 0.6 is 0 Å². The third-order valence-electron chi connectivity index (χ3n) is 3.28. The van der Waals surface area contributed by atoms with Gasteiger partial charge in [0.1, 0.15) is 0 Å². The SMILES string of the molecule is N[C@H](Cc1ccccc1)C(=O)NCc1cccc(CO)c1. The van der Waals surface area contributed by atoms with Crippen molar-refractivity contribution in [3.8, 4) is 0 Å². The Bertz CT molecular complexity index is 584. The number of carbonyl (C=O) groups is 1. The van der Waals surface area contributed by atoms with Crippen LogP contribution in [0.5, 0.6) is 0 Å². The first-order chi connectivity index (χ1) is 10.2. The fourth-order valence-electron chi connectivity index (χ4n) is 2.12. The largest absolute Gasteiger partial charge is 0.392 e. The van der Waals surface area contributed by atoms with E-state index in [1.165, 1.54) is 0 Å². The molecule has 2 aromatic carbocycles. The fraction of sp³-hybridized carbons (Fsp3) is 0.235. The van der Waals surface area contributed by atoms with Crippen molar-refractivity contribution < 1.29 is 9.90 Å². The molecule has 0 saturated carbocycles. The third kappa shape index (κ3) is 4.70. The molecule has 0 saturated heterocycles. The van der Waals surface area contributed by atoms with Crippen molar-refractivity contribution in [1.29, 1.82) is 0 Å². The highest BCUT2D eigenvalue weighted by molar-refractivity contribution is 5.81. The molecule has 0 aliphatic carbocycles. The second-order valence-electron chi connectivity index (χ2n) is 4.99. The molecule has 0 aliphatic heterocycles. The van der Waals surface area contributed by atoms with Gasteiger partial charge in [-0.3, -0.25) is 4.79 Å². The molecule has 1 amide bonds. The van der Waals surface area contributed by atoms with E-state index in [0.29, 0.717) is 13.0 Å². The van der Waals surface area contributed by atoms with Gasteiger partial charge in [0.2, 0.25) is 5.91 Å². The lowest BCUT2D eigenvalue weighted by molar-refractivity contribution is -0.122. The Morgan fingerprint density at radius 2 is 1.71 bits per heavy atom. The molecular weight excluding hydrogens is 264 g/mol. The Morgan fingerprint density at radius 1 is 1.05 bits per heavy atom. The Kier molecular flexibility index (Phi) is 5.49. The Hall–Kier alpha value is -2.17. The van der Waals surface area contributed by atoms with Crippen LogP contribution in [0.15, 0.2) is 54.6 Å². The molecular formula is C17H20N2O2. The summed E-state index contributed by atoms with van der Waals surface area (Å²) in [6.45, 7) is 0.407. The van der Waals surface area contributed by atoms with Gasteiger partial charge in [-0.1, -0.05) is 54.6 Å². The van der Waals surface area contributed by atoms with E-state index in [0.717, 1.165) is 16.7 Å². The summed E-state index contributed by atoms with van der Waals surface area (Å²) in [6.07, 6.45) is 0.517. The maximum atomic E-state index is 12.0. The molecule has 2 aromatic rings. The normalized spacial score (nSPS) is 11.9. The van der Waals surface area contributed by atoms with Gasteiger partial charge in [-0.2, -0.15) is 0 Å². The van der Waals surface area contributed by atoms with Crippen LogP contribution < -0.4 is 11.1 Å². The van der Waals surface area contributed by atoms with Crippen LogP contribution in [0.3, 0.4) is 0 Å². The lowest BCUT2D eigenvalue weighted by atomic mass is 10.1. The van der Waals surface area contributed by atoms with Crippen LogP contribution in [0, 0.1) is 0 Å². The van der Waals surface area contributed by atoms with Crippen LogP contribution in [-0.4, -0.2) is 17.1 Å². The van der Waals surface area contributed by atoms with Gasteiger partial charge < -0.3 is 16.2 Å². The van der Waals surface area contributed by atoms with E-state index in [9.17, 15) is 4.79 Å². The minimum Gasteiger partial charge on any atom is -0.392 e. The number of benzene rings is 2. The van der Waals surface area contributed by atoms with Gasteiger partial charge in [-0.25, -0.2) is 0 Å². The van der Waals surface area contributed by atoms with E-state index < -0.39 is 6.04 Å². The van der Waals surface area contributed by atoms with E-state index in [4.69, 9.17) is 10.8 Å². The fourth-order valence-corrected chi connectivity index (χ4v) is 2.12. The Labute approximate surface area is 124 Å². The predicted molar refractivity (Wildman–Crippen MR) is 82.3 cm³/mol. The zero-order chi connectivity index (χ0) is 15.1. The number of aliphatic hydroxyl groups is 1. The topological polar surface area (TPSA) is 75.4 Å². The quantitative estimate of drug-likeness (QED) is 0.750. The second kappa shape index (κ2) is 7.57. The molecule has 0 heterocycles. The zero-order valence-corrected chi connectivity index (χ0v) is 11.8. The first kappa shape index (κ1) is 15.2. The smallest absolute Gasteiger partial charge is 0.237 e. The molecule has 0 aromatic heterocycles. The first-order valence-electron chi connectivity index (χ1n) is 6.95. The molecule has 0 unspecified atom stereocenters. The van der Waals surface area contributed by atoms with Crippen molar-refractivity contribution in [1.82, 2.24) is 5.32 Å². The number of aliphatic hydroxyl groups excluding tert-OH is 1. The van der Waals surface area contributed by atoms with Gasteiger partial charge in [-0.05, 0) is 23.1 Å². The Balaban J connectivity index is 1.86. The number of hydrogen-bond acceptors (Lipinski definition) is 3. The lowest BCUT2D eigenvalue weighted by Gasteiger charge is -2.12. The third-order valence-corrected chi connectivity index (χ3v) is 3.28. The summed E-state index contributed by atoms with van der Waals surface area (Å²) in [5.41, 5.74) is 8.74. The maximum Gasteiger partial charge on any atom is 0.237 e. The van der Waals surface area contributed by atoms with Crippen molar-refractivity contribution >= 4 is 5.91 Å². The number of hydrogen-bond donors (Lipinski definition) is 3. The van der Waals surface area contributed by atoms with Crippen LogP contribution in [0.4, 0.5) is 0 Å². The monoisotopic (exact) mass is 284 g/mol. The zero-order valence-electron chi connectivity index (χ0n) is 11.8. The molecule has 0 spiro atoms. The van der Waals surface area contributed by atoms with E-state index in [-0.39, 0.29) is 12.5 Å². The van der Waals surface area contributed by atoms with Gasteiger partial charge in [-0.15, -0.1) is 0 Å². The van der Waals surface area contributed by atoms with Crippen molar-refractivity contribution in [3.05, 3.63) is 71.3 Å². The predicted octanol–water partition coefficient (Wildman–Crippen LogP) is 1.37. The van der Waals surface area contributed by atoms with Crippen molar-refractivity contribution in [2.45, 2.75) is 25.6 Å². The van der Waals surface area contributed by atoms with Gasteiger partial charge >= 0.3 is 0 Å². The molecule has 0 aliphatic rings. The van der Waals surface area contributed by atoms with Gasteiger partial charge in [0.25, 0.3) is 0 Å². The van der Waals surface area contributed by atoms with Crippen LogP contribution in [0.25, 0.3) is 0 Å². The van der Waals surface area contributed by atoms with E-state index in [1.54, 1.807) is 0 Å². The summed E-state index contributed by atoms with van der Waals surface area (Å²) in [5.74, 6) is -0.173. The molecule has 0 bridgehead atoms. The average Bonchev–Trinajstić information content (AvgIpc) is 2.53. The molecule has 4 heteroatoms. The van der Waals surface area contributed by atoms with Gasteiger partial charge in [0, 0.05) is 6.54 Å². The number of rotatable bonds is 6. The molecule has 0 radical (unpaired) electrons. The molecule has 1 atom stereocenters. The van der Waals surface area contributed by atoms with Crippen molar-refractivity contribution in [2.75, 3.05) is 0 Å². The number of nitrogens with two attached hydrogens (primary N) is 1. The molecule has 4 nitrogen and oxygen atoms in total. The number of nitrogens with one attached hydrogen (secondary N) is 1. The van der Waals surface area contributed by atoms with Crippen LogP contribution in [0.1, 0.15) is 16.7 Å². The standard InChI is InChI=1S/C17H20N2O2/c18-16(10-13-5-2-1-3-6-13)17(21)19-11-14-7-4-8-15(9-14)12-20/h1-9,16,20H,10-12,18H2,(H,19,21)/t16-/m1/s1. The lowest BCUT2D eigenvalue weighted by Crippen LogP contribution is -2.41.